The van der Waals surface area contributed by atoms with Gasteiger partial charge in [0.25, 0.3) is 0 Å². The maximum Gasteiger partial charge on any atom is 1.00 e. The lowest BCUT2D eigenvalue weighted by atomic mass is 9.95. The number of nitrogens with zero attached hydrogens (tertiary/aromatic N) is 1. The first-order valence-electron chi connectivity index (χ1n) is 12.0. The monoisotopic (exact) mass is 483 g/mol. The van der Waals surface area contributed by atoms with E-state index in [1.165, 1.54) is 11.8 Å². The Hall–Kier alpha value is -3.48. The number of hydrogen-bond acceptors (Lipinski definition) is 4. The third-order valence-corrected chi connectivity index (χ3v) is 6.13. The van der Waals surface area contributed by atoms with E-state index in [2.05, 4.69) is 5.32 Å². The maximum atomic E-state index is 11.9. The van der Waals surface area contributed by atoms with Crippen LogP contribution >= 0.6 is 0 Å². The molecule has 190 valence electrons. The Morgan fingerprint density at radius 3 is 1.63 bits per heavy atom. The molecular weight excluding hydrogens is 444 g/mol. The number of amides is 3. The molecule has 1 saturated heterocycles. The molecule has 3 rings (SSSR count). The Kier molecular flexibility index (Phi) is 11.3. The van der Waals surface area contributed by atoms with E-state index in [0.29, 0.717) is 11.4 Å². The number of aliphatic carboxylic acids is 1. The van der Waals surface area contributed by atoms with E-state index in [1.54, 1.807) is 32.9 Å². The van der Waals surface area contributed by atoms with Crippen LogP contribution in [0, 0.1) is 37.5 Å². The van der Waals surface area contributed by atoms with Gasteiger partial charge in [-0.3, -0.25) is 24.1 Å². The second kappa shape index (κ2) is 13.4. The van der Waals surface area contributed by atoms with Crippen molar-refractivity contribution < 1.29 is 25.7 Å². The van der Waals surface area contributed by atoms with Gasteiger partial charge in [0.15, 0.2) is 0 Å². The summed E-state index contributed by atoms with van der Waals surface area (Å²) in [5, 5.41) is 11.5. The topological polar surface area (TPSA) is 104 Å². The van der Waals surface area contributed by atoms with Gasteiger partial charge in [0.1, 0.15) is 0 Å². The zero-order chi connectivity index (χ0) is 26.9. The zero-order valence-corrected chi connectivity index (χ0v) is 22.0. The minimum absolute atomic E-state index is 0. The molecule has 35 heavy (non-hydrogen) atoms. The number of carbonyl (C=O) groups is 4. The molecule has 0 saturated carbocycles. The molecule has 4 atom stereocenters. The lowest BCUT2D eigenvalue weighted by Gasteiger charge is -2.15. The lowest BCUT2D eigenvalue weighted by molar-refractivity contribution is -0.145. The third kappa shape index (κ3) is 7.77. The minimum Gasteiger partial charge on any atom is -0.481 e. The van der Waals surface area contributed by atoms with E-state index >= 15 is 0 Å². The van der Waals surface area contributed by atoms with Crippen molar-refractivity contribution in [1.82, 2.24) is 0 Å². The van der Waals surface area contributed by atoms with Crippen LogP contribution in [0.2, 0.25) is 0 Å². The van der Waals surface area contributed by atoms with E-state index in [-0.39, 0.29) is 31.0 Å². The average molecular weight is 484 g/mol. The number of imide groups is 1. The fraction of sp³-hybridized carbons (Fsp3) is 0.429. The first-order valence-corrected chi connectivity index (χ1v) is 12.0. The number of anilines is 2. The van der Waals surface area contributed by atoms with Crippen molar-refractivity contribution in [3.8, 4) is 0 Å². The molecule has 1 aliphatic heterocycles. The van der Waals surface area contributed by atoms with Crippen LogP contribution in [0.25, 0.3) is 0 Å². The smallest absolute Gasteiger partial charge is 0.481 e. The van der Waals surface area contributed by atoms with Gasteiger partial charge in [-0.1, -0.05) is 76.9 Å². The van der Waals surface area contributed by atoms with Crippen LogP contribution in [-0.4, -0.2) is 28.8 Å². The van der Waals surface area contributed by atoms with Crippen molar-refractivity contribution in [2.45, 2.75) is 55.4 Å². The zero-order valence-electron chi connectivity index (χ0n) is 23.0. The standard InChI is InChI=1S/C13H17NO3.C13H15NO2.C2H6/c1-8-4-6-11(7-5-8)14-12(15)9(2)10(3)13(16)17;1-8-4-6-11(7-5-8)14-12(15)9(2)10(3)13(14)16;1-2/h4-7,9-10H,1-3H3,(H,14,15)(H,16,17);4-7,9-10H,1-3H3;1-2H3/p+1. The molecule has 4 unspecified atom stereocenters. The molecule has 7 nitrogen and oxygen atoms in total. The van der Waals surface area contributed by atoms with Gasteiger partial charge < -0.3 is 10.4 Å². The molecule has 0 aliphatic carbocycles. The molecule has 0 aromatic heterocycles. The first kappa shape index (κ1) is 29.6. The molecule has 0 radical (unpaired) electrons. The summed E-state index contributed by atoms with van der Waals surface area (Å²) in [4.78, 5) is 47.7. The predicted molar refractivity (Wildman–Crippen MR) is 140 cm³/mol. The predicted octanol–water partition coefficient (Wildman–Crippen LogP) is 5.57. The van der Waals surface area contributed by atoms with Crippen molar-refractivity contribution in [2.24, 2.45) is 23.7 Å². The number of benzene rings is 2. The third-order valence-electron chi connectivity index (χ3n) is 6.13. The van der Waals surface area contributed by atoms with Gasteiger partial charge >= 0.3 is 7.40 Å². The number of rotatable bonds is 5. The Bertz CT molecular complexity index is 1000. The van der Waals surface area contributed by atoms with Gasteiger partial charge in [-0.15, -0.1) is 0 Å². The Balaban J connectivity index is 0.000000621. The fourth-order valence-corrected chi connectivity index (χ4v) is 3.23. The highest BCUT2D eigenvalue weighted by Gasteiger charge is 2.42. The number of aryl methyl sites for hydroxylation is 2. The largest absolute Gasteiger partial charge is 1.00 e. The minimum atomic E-state index is -0.962. The number of carboxylic acid groups (broad SMARTS) is 1. The van der Waals surface area contributed by atoms with Crippen LogP contribution in [0.15, 0.2) is 48.5 Å². The van der Waals surface area contributed by atoms with Crippen molar-refractivity contribution in [3.63, 3.8) is 0 Å². The van der Waals surface area contributed by atoms with Crippen LogP contribution < -0.4 is 10.2 Å². The van der Waals surface area contributed by atoms with Crippen LogP contribution in [0.4, 0.5) is 11.4 Å². The molecule has 3 amide bonds. The molecular formula is C28H39N2O5+. The maximum absolute atomic E-state index is 11.9. The van der Waals surface area contributed by atoms with Gasteiger partial charge in [-0.05, 0) is 38.1 Å². The van der Waals surface area contributed by atoms with E-state index in [9.17, 15) is 19.2 Å². The highest BCUT2D eigenvalue weighted by molar-refractivity contribution is 6.21. The molecule has 2 aromatic carbocycles. The van der Waals surface area contributed by atoms with Crippen molar-refractivity contribution in [2.75, 3.05) is 10.2 Å². The molecule has 7 heteroatoms. The molecule has 0 spiro atoms. The van der Waals surface area contributed by atoms with Crippen LogP contribution in [-0.2, 0) is 19.2 Å². The highest BCUT2D eigenvalue weighted by atomic mass is 16.4. The number of hydrogen-bond donors (Lipinski definition) is 2. The normalized spacial score (nSPS) is 18.5. The average Bonchev–Trinajstić information content (AvgIpc) is 3.04. The van der Waals surface area contributed by atoms with Gasteiger partial charge in [0.2, 0.25) is 17.7 Å². The summed E-state index contributed by atoms with van der Waals surface area (Å²) < 4.78 is 0. The summed E-state index contributed by atoms with van der Waals surface area (Å²) in [6.07, 6.45) is 0. The second-order valence-corrected chi connectivity index (χ2v) is 8.70. The van der Waals surface area contributed by atoms with E-state index in [0.717, 1.165) is 11.1 Å². The Morgan fingerprint density at radius 1 is 0.829 bits per heavy atom. The van der Waals surface area contributed by atoms with Crippen LogP contribution in [0.3, 0.4) is 0 Å². The Morgan fingerprint density at radius 2 is 1.23 bits per heavy atom. The summed E-state index contributed by atoms with van der Waals surface area (Å²) in [5.74, 6) is -3.11. The first-order chi connectivity index (χ1) is 16.4. The lowest BCUT2D eigenvalue weighted by Crippen LogP contribution is -2.30. The molecule has 1 fully saturated rings. The van der Waals surface area contributed by atoms with Crippen molar-refractivity contribution in [3.05, 3.63) is 59.7 Å². The summed E-state index contributed by atoms with van der Waals surface area (Å²) >= 11 is 0. The summed E-state index contributed by atoms with van der Waals surface area (Å²) in [5.41, 5.74) is 3.58. The van der Waals surface area contributed by atoms with E-state index in [1.807, 2.05) is 64.1 Å². The highest BCUT2D eigenvalue weighted by Crippen LogP contribution is 2.30. The summed E-state index contributed by atoms with van der Waals surface area (Å²) in [6.45, 7) is 14.7. The van der Waals surface area contributed by atoms with Crippen LogP contribution in [0.5, 0.6) is 0 Å². The van der Waals surface area contributed by atoms with Crippen LogP contribution in [0.1, 0.15) is 54.1 Å². The molecule has 1 aliphatic rings. The van der Waals surface area contributed by atoms with Crippen molar-refractivity contribution >= 4 is 35.1 Å². The Labute approximate surface area is 210 Å². The number of carboxylic acids is 1. The van der Waals surface area contributed by atoms with Gasteiger partial charge in [-0.25, -0.2) is 0 Å². The molecule has 0 bridgehead atoms. The van der Waals surface area contributed by atoms with Crippen molar-refractivity contribution in [1.29, 1.82) is 0 Å². The SMILES string of the molecule is CC.Cc1ccc(N2C(=O)C(C)C(C)C2=O)cc1.Cc1ccc(NC(=O)C(C)C(C)C(=O)O)cc1.[H+]. The number of nitrogens with one attached hydrogen (secondary N) is 1. The summed E-state index contributed by atoms with van der Waals surface area (Å²) in [7, 11) is 0. The molecule has 2 aromatic rings. The second-order valence-electron chi connectivity index (χ2n) is 8.70. The number of carbonyl (C=O) groups excluding carboxylic acids is 3. The van der Waals surface area contributed by atoms with E-state index in [4.69, 9.17) is 5.11 Å². The molecule has 1 heterocycles. The van der Waals surface area contributed by atoms with Gasteiger partial charge in [-0.2, -0.15) is 0 Å². The van der Waals surface area contributed by atoms with Gasteiger partial charge in [0, 0.05) is 23.4 Å². The quantitative estimate of drug-likeness (QED) is 0.541. The fourth-order valence-electron chi connectivity index (χ4n) is 3.23. The molecule has 2 N–H and O–H groups in total. The van der Waals surface area contributed by atoms with Gasteiger partial charge in [0.05, 0.1) is 11.6 Å². The van der Waals surface area contributed by atoms with E-state index < -0.39 is 17.8 Å². The summed E-state index contributed by atoms with van der Waals surface area (Å²) in [6, 6.07) is 14.8.